The van der Waals surface area contributed by atoms with E-state index in [1.54, 1.807) is 11.3 Å². The molecule has 0 radical (unpaired) electrons. The summed E-state index contributed by atoms with van der Waals surface area (Å²) in [6.45, 7) is 16.0. The number of allylic oxidation sites excluding steroid dienone is 2. The Bertz CT molecular complexity index is 2100. The molecule has 5 atom stereocenters. The lowest BCUT2D eigenvalue weighted by Crippen LogP contribution is -2.58. The van der Waals surface area contributed by atoms with Crippen molar-refractivity contribution in [2.75, 3.05) is 12.3 Å². The molecule has 1 saturated carbocycles. The zero-order valence-electron chi connectivity index (χ0n) is 34.1. The summed E-state index contributed by atoms with van der Waals surface area (Å²) in [6.07, 6.45) is 7.97. The number of sulfonamides is 1. The third kappa shape index (κ3) is 8.54. The number of hydrogen-bond acceptors (Lipinski definition) is 10. The predicted octanol–water partition coefficient (Wildman–Crippen LogP) is 5.99. The fraction of sp³-hybridized carbons (Fsp3) is 0.634. The highest BCUT2D eigenvalue weighted by atomic mass is 32.2. The molecule has 2 fully saturated rings. The van der Waals surface area contributed by atoms with Crippen LogP contribution in [0.2, 0.25) is 0 Å². The number of aromatic nitrogens is 3. The molecule has 306 valence electrons. The van der Waals surface area contributed by atoms with E-state index in [9.17, 15) is 22.8 Å². The third-order valence-electron chi connectivity index (χ3n) is 11.4. The molecular formula is C41H59N7O6S2. The van der Waals surface area contributed by atoms with Crippen LogP contribution in [0, 0.1) is 11.3 Å². The van der Waals surface area contributed by atoms with Crippen molar-refractivity contribution in [1.29, 1.82) is 0 Å². The number of para-hydroxylation sites is 1. The first kappa shape index (κ1) is 41.8. The summed E-state index contributed by atoms with van der Waals surface area (Å²) in [5, 5.41) is 3.81. The summed E-state index contributed by atoms with van der Waals surface area (Å²) in [4.78, 5) is 55.0. The topological polar surface area (TPSA) is 179 Å². The molecule has 2 aromatic heterocycles. The predicted molar refractivity (Wildman–Crippen MR) is 220 cm³/mol. The number of nitrogens with zero attached hydrogens (tertiary/aromatic N) is 4. The first-order valence-corrected chi connectivity index (χ1v) is 22.6. The molecule has 2 aliphatic heterocycles. The number of aryl methyl sites for hydroxylation is 1. The van der Waals surface area contributed by atoms with Gasteiger partial charge in [0.25, 0.3) is 11.9 Å². The van der Waals surface area contributed by atoms with Crippen molar-refractivity contribution in [1.82, 2.24) is 29.5 Å². The summed E-state index contributed by atoms with van der Waals surface area (Å²) in [6, 6.07) is 4.47. The number of imidazole rings is 1. The van der Waals surface area contributed by atoms with Gasteiger partial charge in [0.15, 0.2) is 0 Å². The Morgan fingerprint density at radius 2 is 1.84 bits per heavy atom. The highest BCUT2D eigenvalue weighted by Gasteiger charge is 2.61. The number of carbonyl (C=O) groups is 3. The summed E-state index contributed by atoms with van der Waals surface area (Å²) in [7, 11) is -3.96. The molecule has 3 amide bonds. The van der Waals surface area contributed by atoms with Crippen molar-refractivity contribution >= 4 is 50.1 Å². The Hall–Kier alpha value is -3.82. The molecule has 4 heterocycles. The second-order valence-electron chi connectivity index (χ2n) is 17.4. The number of fused-ring (bicyclic) bond motifs is 6. The number of rotatable bonds is 4. The Kier molecular flexibility index (Phi) is 12.1. The Morgan fingerprint density at radius 1 is 1.11 bits per heavy atom. The van der Waals surface area contributed by atoms with Crippen molar-refractivity contribution in [3.63, 3.8) is 0 Å². The Labute approximate surface area is 335 Å². The second kappa shape index (κ2) is 16.2. The fourth-order valence-electron chi connectivity index (χ4n) is 7.93. The lowest BCUT2D eigenvalue weighted by atomic mass is 9.86. The van der Waals surface area contributed by atoms with E-state index in [4.69, 9.17) is 20.4 Å². The normalized spacial score (nSPS) is 26.1. The van der Waals surface area contributed by atoms with Crippen LogP contribution >= 0.6 is 11.3 Å². The van der Waals surface area contributed by atoms with Crippen LogP contribution in [0.25, 0.3) is 21.6 Å². The van der Waals surface area contributed by atoms with E-state index >= 15 is 0 Å². The minimum atomic E-state index is -3.96. The summed E-state index contributed by atoms with van der Waals surface area (Å²) < 4.78 is 37.2. The van der Waals surface area contributed by atoms with Crippen LogP contribution in [0.5, 0.6) is 6.01 Å². The van der Waals surface area contributed by atoms with E-state index in [1.165, 1.54) is 9.78 Å². The third-order valence-corrected chi connectivity index (χ3v) is 13.9. The number of nitrogens with one attached hydrogen (secondary N) is 2. The first-order chi connectivity index (χ1) is 26.4. The van der Waals surface area contributed by atoms with Gasteiger partial charge >= 0.3 is 0 Å². The van der Waals surface area contributed by atoms with Gasteiger partial charge in [-0.15, -0.1) is 11.3 Å². The smallest absolute Gasteiger partial charge is 0.297 e. The number of hydrogen-bond donors (Lipinski definition) is 3. The monoisotopic (exact) mass is 809 g/mol. The molecule has 4 N–H and O–H groups in total. The van der Waals surface area contributed by atoms with E-state index in [-0.39, 0.29) is 36.6 Å². The number of nitrogens with two attached hydrogens (primary N) is 1. The van der Waals surface area contributed by atoms with Crippen molar-refractivity contribution in [3.8, 4) is 16.6 Å². The molecule has 1 aliphatic carbocycles. The Balaban J connectivity index is 1.41. The maximum Gasteiger partial charge on any atom is 0.297 e. The van der Waals surface area contributed by atoms with Crippen molar-refractivity contribution < 1.29 is 27.5 Å². The van der Waals surface area contributed by atoms with E-state index in [1.807, 2.05) is 50.5 Å². The van der Waals surface area contributed by atoms with Gasteiger partial charge in [0.1, 0.15) is 28.2 Å². The SMILES string of the molecule is CC[C@@H]1C[C@@]12NC(=O)[C@@H]1C[C@H](CN1C(=O)[C@@H](N)C(C)(C)C)Oc1nc3c(cccc3n1C(C)C)-c1nc(C(C)C)c(s1)CC/C=C\CCCCS(=O)(=O)NC2=O. The highest BCUT2D eigenvalue weighted by molar-refractivity contribution is 7.90. The standard InChI is InChI=1S/C41H59N7O6S2/c1-9-26-22-41(26)38(51)46-56(52,53)20-15-13-11-10-12-14-19-31-32(24(2)3)43-36(55-31)28-17-16-18-29-33(28)44-39(48(29)25(4)5)54-27-21-30(35(49)45-41)47(23-27)37(50)34(42)40(6,7)8/h10,12,16-18,24-27,30,34H,9,11,13-15,19-23,42H2,1-8H3,(H,45,49)(H,46,51)/b12-10-/t26-,27-,30+,34-,41-/m1/s1. The average Bonchev–Trinajstić information content (AvgIpc) is 3.41. The molecule has 3 aromatic rings. The zero-order valence-corrected chi connectivity index (χ0v) is 35.7. The van der Waals surface area contributed by atoms with Crippen molar-refractivity contribution in [2.24, 2.45) is 17.1 Å². The molecular weight excluding hydrogens is 751 g/mol. The largest absolute Gasteiger partial charge is 0.459 e. The first-order valence-electron chi connectivity index (χ1n) is 20.1. The van der Waals surface area contributed by atoms with Gasteiger partial charge in [0.2, 0.25) is 21.8 Å². The fourth-order valence-corrected chi connectivity index (χ4v) is 10.3. The number of amides is 3. The lowest BCUT2D eigenvalue weighted by Gasteiger charge is -2.33. The van der Waals surface area contributed by atoms with Crippen LogP contribution in [-0.2, 0) is 30.8 Å². The summed E-state index contributed by atoms with van der Waals surface area (Å²) in [5.41, 5.74) is 8.13. The molecule has 1 aromatic carbocycles. The Morgan fingerprint density at radius 3 is 2.50 bits per heavy atom. The number of benzene rings is 1. The van der Waals surface area contributed by atoms with Gasteiger partial charge in [0, 0.05) is 22.9 Å². The van der Waals surface area contributed by atoms with Crippen LogP contribution in [0.3, 0.4) is 0 Å². The van der Waals surface area contributed by atoms with Crippen molar-refractivity contribution in [3.05, 3.63) is 40.9 Å². The second-order valence-corrected chi connectivity index (χ2v) is 20.3. The quantitative estimate of drug-likeness (QED) is 0.267. The molecule has 1 spiro atoms. The summed E-state index contributed by atoms with van der Waals surface area (Å²) >= 11 is 1.68. The van der Waals surface area contributed by atoms with Gasteiger partial charge in [-0.1, -0.05) is 66.2 Å². The lowest BCUT2D eigenvalue weighted by molar-refractivity contribution is -0.142. The van der Waals surface area contributed by atoms with E-state index in [0.717, 1.165) is 40.1 Å². The zero-order chi connectivity index (χ0) is 40.7. The van der Waals surface area contributed by atoms with Gasteiger partial charge in [-0.25, -0.2) is 13.4 Å². The molecule has 15 heteroatoms. The molecule has 6 bridgehead atoms. The maximum atomic E-state index is 14.3. The molecule has 1 saturated heterocycles. The minimum Gasteiger partial charge on any atom is -0.459 e. The number of carbonyl (C=O) groups excluding carboxylic acids is 3. The molecule has 6 rings (SSSR count). The van der Waals surface area contributed by atoms with Gasteiger partial charge in [-0.2, -0.15) is 4.98 Å². The van der Waals surface area contributed by atoms with Gasteiger partial charge in [-0.3, -0.25) is 23.7 Å². The average molecular weight is 810 g/mol. The van der Waals surface area contributed by atoms with Crippen LogP contribution in [-0.4, -0.2) is 81.6 Å². The van der Waals surface area contributed by atoms with Crippen LogP contribution in [0.1, 0.15) is 123 Å². The number of ether oxygens (including phenoxy) is 1. The maximum absolute atomic E-state index is 14.3. The van der Waals surface area contributed by atoms with E-state index < -0.39 is 56.9 Å². The van der Waals surface area contributed by atoms with E-state index in [0.29, 0.717) is 38.1 Å². The van der Waals surface area contributed by atoms with Crippen LogP contribution in [0.15, 0.2) is 30.4 Å². The van der Waals surface area contributed by atoms with E-state index in [2.05, 4.69) is 49.9 Å². The molecule has 13 nitrogen and oxygen atoms in total. The van der Waals surface area contributed by atoms with Gasteiger partial charge in [0.05, 0.1) is 29.6 Å². The molecule has 0 unspecified atom stereocenters. The number of thiazole rings is 1. The highest BCUT2D eigenvalue weighted by Crippen LogP contribution is 2.47. The number of likely N-dealkylation sites (tertiary alicyclic amines) is 1. The molecule has 56 heavy (non-hydrogen) atoms. The van der Waals surface area contributed by atoms with Gasteiger partial charge in [-0.05, 0) is 81.8 Å². The molecule has 3 aliphatic rings. The van der Waals surface area contributed by atoms with Crippen molar-refractivity contribution in [2.45, 2.75) is 142 Å². The minimum absolute atomic E-state index is 0.0370. The van der Waals surface area contributed by atoms with Gasteiger partial charge < -0.3 is 20.7 Å². The summed E-state index contributed by atoms with van der Waals surface area (Å²) in [5.74, 6) is -1.93. The van der Waals surface area contributed by atoms with Crippen LogP contribution in [0.4, 0.5) is 0 Å². The van der Waals surface area contributed by atoms with Crippen LogP contribution < -0.4 is 20.5 Å².